The third-order valence-electron chi connectivity index (χ3n) is 3.09. The number of aryl methyl sites for hydroxylation is 1. The number of nitrogens with zero attached hydrogens (tertiary/aromatic N) is 2. The minimum atomic E-state index is -3.45. The van der Waals surface area contributed by atoms with Crippen molar-refractivity contribution in [3.05, 3.63) is 12.0 Å². The first-order valence-electron chi connectivity index (χ1n) is 6.60. The van der Waals surface area contributed by atoms with Crippen molar-refractivity contribution >= 4 is 10.0 Å². The molecule has 0 aliphatic heterocycles. The summed E-state index contributed by atoms with van der Waals surface area (Å²) in [5.41, 5.74) is 0. The lowest BCUT2D eigenvalue weighted by Gasteiger charge is -2.20. The van der Waals surface area contributed by atoms with Crippen molar-refractivity contribution in [2.45, 2.75) is 44.7 Å². The Morgan fingerprint density at radius 1 is 1.47 bits per heavy atom. The Balaban J connectivity index is 2.43. The first kappa shape index (κ1) is 16.1. The van der Waals surface area contributed by atoms with Crippen molar-refractivity contribution < 1.29 is 8.42 Å². The van der Waals surface area contributed by atoms with Crippen LogP contribution in [0.15, 0.2) is 11.2 Å². The lowest BCUT2D eigenvalue weighted by Crippen LogP contribution is -2.31. The average Bonchev–Trinajstić information content (AvgIpc) is 2.83. The van der Waals surface area contributed by atoms with E-state index < -0.39 is 10.0 Å². The molecule has 19 heavy (non-hydrogen) atoms. The maximum Gasteiger partial charge on any atom is 0.257 e. The molecular weight excluding hydrogens is 264 g/mol. The van der Waals surface area contributed by atoms with E-state index in [-0.39, 0.29) is 5.03 Å². The van der Waals surface area contributed by atoms with Gasteiger partial charge in [-0.1, -0.05) is 6.92 Å². The minimum absolute atomic E-state index is 0.140. The second-order valence-corrected chi connectivity index (χ2v) is 6.61. The average molecular weight is 288 g/mol. The zero-order valence-corrected chi connectivity index (χ0v) is 12.9. The summed E-state index contributed by atoms with van der Waals surface area (Å²) in [5.74, 6) is 0.680. The topological polar surface area (TPSA) is 78.1 Å². The van der Waals surface area contributed by atoms with E-state index in [1.807, 2.05) is 14.0 Å². The zero-order valence-electron chi connectivity index (χ0n) is 12.1. The number of hydrogen-bond acceptors (Lipinski definition) is 4. The van der Waals surface area contributed by atoms with Gasteiger partial charge in [0.1, 0.15) is 5.82 Å². The molecule has 1 aromatic heterocycles. The molecule has 1 aromatic rings. The highest BCUT2D eigenvalue weighted by molar-refractivity contribution is 7.89. The summed E-state index contributed by atoms with van der Waals surface area (Å²) in [6.07, 6.45) is 2.83. The first-order chi connectivity index (χ1) is 8.86. The number of aromatic amines is 1. The van der Waals surface area contributed by atoms with Crippen LogP contribution in [-0.2, 0) is 16.4 Å². The third kappa shape index (κ3) is 4.93. The fourth-order valence-corrected chi connectivity index (χ4v) is 2.54. The Labute approximate surface area is 115 Å². The molecule has 7 heteroatoms. The standard InChI is InChI=1S/C12H24N4O2S/c1-5-11-13-9-12(15-11)19(17,18)14-7-6-8-16(4)10(2)3/h9-10,14H,5-8H2,1-4H3,(H,13,15). The van der Waals surface area contributed by atoms with Crippen LogP contribution in [0.4, 0.5) is 0 Å². The molecular formula is C12H24N4O2S. The van der Waals surface area contributed by atoms with E-state index in [0.717, 1.165) is 13.0 Å². The molecule has 2 N–H and O–H groups in total. The number of rotatable bonds is 8. The normalized spacial score (nSPS) is 12.5. The van der Waals surface area contributed by atoms with Crippen LogP contribution in [0.25, 0.3) is 0 Å². The minimum Gasteiger partial charge on any atom is -0.332 e. The Hall–Kier alpha value is -0.920. The van der Waals surface area contributed by atoms with Crippen LogP contribution in [0.2, 0.25) is 0 Å². The van der Waals surface area contributed by atoms with Crippen LogP contribution >= 0.6 is 0 Å². The van der Waals surface area contributed by atoms with Crippen LogP contribution in [0, 0.1) is 0 Å². The number of imidazole rings is 1. The molecule has 0 radical (unpaired) electrons. The van der Waals surface area contributed by atoms with Gasteiger partial charge in [-0.15, -0.1) is 0 Å². The van der Waals surface area contributed by atoms with Gasteiger partial charge < -0.3 is 9.88 Å². The summed E-state index contributed by atoms with van der Waals surface area (Å²) in [4.78, 5) is 8.98. The lowest BCUT2D eigenvalue weighted by atomic mass is 10.3. The fourth-order valence-electron chi connectivity index (χ4n) is 1.53. The van der Waals surface area contributed by atoms with Gasteiger partial charge >= 0.3 is 0 Å². The molecule has 0 atom stereocenters. The summed E-state index contributed by atoms with van der Waals surface area (Å²) in [6.45, 7) is 7.44. The summed E-state index contributed by atoms with van der Waals surface area (Å²) >= 11 is 0. The van der Waals surface area contributed by atoms with Gasteiger partial charge in [-0.25, -0.2) is 18.1 Å². The van der Waals surface area contributed by atoms with Crippen molar-refractivity contribution in [1.82, 2.24) is 19.6 Å². The van der Waals surface area contributed by atoms with E-state index >= 15 is 0 Å². The van der Waals surface area contributed by atoms with E-state index in [9.17, 15) is 8.42 Å². The molecule has 0 saturated carbocycles. The number of aromatic nitrogens is 2. The van der Waals surface area contributed by atoms with Gasteiger partial charge in [-0.2, -0.15) is 0 Å². The predicted molar refractivity (Wildman–Crippen MR) is 75.5 cm³/mol. The summed E-state index contributed by atoms with van der Waals surface area (Å²) in [6, 6.07) is 0.469. The van der Waals surface area contributed by atoms with Crippen LogP contribution in [-0.4, -0.2) is 49.5 Å². The van der Waals surface area contributed by atoms with Gasteiger partial charge in [0.2, 0.25) is 0 Å². The molecule has 0 spiro atoms. The Morgan fingerprint density at radius 3 is 2.68 bits per heavy atom. The van der Waals surface area contributed by atoms with Gasteiger partial charge in [0.15, 0.2) is 5.03 Å². The van der Waals surface area contributed by atoms with Gasteiger partial charge in [0.25, 0.3) is 10.0 Å². The molecule has 0 aliphatic carbocycles. The molecule has 0 amide bonds. The summed E-state index contributed by atoms with van der Waals surface area (Å²) in [5, 5.41) is 0.140. The molecule has 1 heterocycles. The molecule has 0 fully saturated rings. The second-order valence-electron chi connectivity index (χ2n) is 4.87. The molecule has 6 nitrogen and oxygen atoms in total. The number of H-pyrrole nitrogens is 1. The summed E-state index contributed by atoms with van der Waals surface area (Å²) in [7, 11) is -1.42. The molecule has 0 aromatic carbocycles. The number of hydrogen-bond donors (Lipinski definition) is 2. The zero-order chi connectivity index (χ0) is 14.5. The molecule has 0 unspecified atom stereocenters. The van der Waals surface area contributed by atoms with Crippen molar-refractivity contribution in [1.29, 1.82) is 0 Å². The molecule has 110 valence electrons. The smallest absolute Gasteiger partial charge is 0.257 e. The van der Waals surface area contributed by atoms with E-state index in [1.54, 1.807) is 0 Å². The van der Waals surface area contributed by atoms with Gasteiger partial charge in [0, 0.05) is 19.0 Å². The van der Waals surface area contributed by atoms with Crippen molar-refractivity contribution in [2.75, 3.05) is 20.1 Å². The highest BCUT2D eigenvalue weighted by Gasteiger charge is 2.16. The first-order valence-corrected chi connectivity index (χ1v) is 8.09. The molecule has 0 aliphatic rings. The largest absolute Gasteiger partial charge is 0.332 e. The van der Waals surface area contributed by atoms with Crippen molar-refractivity contribution in [3.8, 4) is 0 Å². The molecule has 1 rings (SSSR count). The van der Waals surface area contributed by atoms with E-state index in [0.29, 0.717) is 24.8 Å². The third-order valence-corrected chi connectivity index (χ3v) is 4.46. The SMILES string of the molecule is CCc1ncc(S(=O)(=O)NCCCN(C)C(C)C)[nH]1. The highest BCUT2D eigenvalue weighted by Crippen LogP contribution is 2.05. The van der Waals surface area contributed by atoms with Gasteiger partial charge in [-0.05, 0) is 33.9 Å². The number of nitrogens with one attached hydrogen (secondary N) is 2. The van der Waals surface area contributed by atoms with Crippen molar-refractivity contribution in [2.24, 2.45) is 0 Å². The second kappa shape index (κ2) is 7.02. The van der Waals surface area contributed by atoms with Crippen LogP contribution in [0.3, 0.4) is 0 Å². The Kier molecular flexibility index (Phi) is 5.96. The monoisotopic (exact) mass is 288 g/mol. The summed E-state index contributed by atoms with van der Waals surface area (Å²) < 4.78 is 26.5. The fraction of sp³-hybridized carbons (Fsp3) is 0.750. The molecule has 0 saturated heterocycles. The Morgan fingerprint density at radius 2 is 2.16 bits per heavy atom. The quantitative estimate of drug-likeness (QED) is 0.699. The molecule has 0 bridgehead atoms. The van der Waals surface area contributed by atoms with E-state index in [2.05, 4.69) is 33.4 Å². The van der Waals surface area contributed by atoms with Crippen molar-refractivity contribution in [3.63, 3.8) is 0 Å². The lowest BCUT2D eigenvalue weighted by molar-refractivity contribution is 0.271. The van der Waals surface area contributed by atoms with Crippen LogP contribution in [0.5, 0.6) is 0 Å². The van der Waals surface area contributed by atoms with Crippen LogP contribution < -0.4 is 4.72 Å². The van der Waals surface area contributed by atoms with Crippen LogP contribution in [0.1, 0.15) is 33.0 Å². The highest BCUT2D eigenvalue weighted by atomic mass is 32.2. The Bertz CT molecular complexity index is 482. The van der Waals surface area contributed by atoms with E-state index in [1.165, 1.54) is 6.20 Å². The predicted octanol–water partition coefficient (Wildman–Crippen LogP) is 0.981. The number of sulfonamides is 1. The van der Waals surface area contributed by atoms with Gasteiger partial charge in [0.05, 0.1) is 6.20 Å². The maximum absolute atomic E-state index is 11.9. The van der Waals surface area contributed by atoms with E-state index in [4.69, 9.17) is 0 Å². The maximum atomic E-state index is 11.9. The van der Waals surface area contributed by atoms with Gasteiger partial charge in [-0.3, -0.25) is 0 Å².